The molecule has 11 rings (SSSR count). The SMILES string of the molecule is c1ccc(-c2ccc3c(c2)c2cc4c(cc2n3-c2cccnc2)-c2cc3c(cc2CC4)c2cc(-c4ccccc4)ccc2n3-c2cccnc2)cc1. The van der Waals surface area contributed by atoms with Gasteiger partial charge in [0.05, 0.1) is 45.8 Å². The average Bonchev–Trinajstić information content (AvgIpc) is 3.71. The molecule has 0 saturated carbocycles. The van der Waals surface area contributed by atoms with Gasteiger partial charge in [0.2, 0.25) is 0 Å². The van der Waals surface area contributed by atoms with E-state index in [2.05, 4.69) is 153 Å². The number of rotatable bonds is 4. The van der Waals surface area contributed by atoms with Crippen molar-refractivity contribution in [3.05, 3.63) is 182 Å². The third-order valence-electron chi connectivity index (χ3n) is 11.0. The van der Waals surface area contributed by atoms with Gasteiger partial charge in [-0.25, -0.2) is 0 Å². The molecule has 0 aliphatic heterocycles. The van der Waals surface area contributed by atoms with E-state index in [1.807, 2.05) is 36.9 Å². The number of fused-ring (bicyclic) bond motifs is 9. The molecule has 0 radical (unpaired) electrons. The van der Waals surface area contributed by atoms with Gasteiger partial charge in [0.25, 0.3) is 0 Å². The number of aryl methyl sites for hydroxylation is 2. The van der Waals surface area contributed by atoms with Crippen molar-refractivity contribution in [3.63, 3.8) is 0 Å². The van der Waals surface area contributed by atoms with Crippen molar-refractivity contribution in [3.8, 4) is 44.8 Å². The molecule has 0 fully saturated rings. The third-order valence-corrected chi connectivity index (χ3v) is 11.0. The molecule has 0 unspecified atom stereocenters. The first kappa shape index (κ1) is 29.0. The number of hydrogen-bond donors (Lipinski definition) is 0. The Morgan fingerprint density at radius 3 is 1.23 bits per heavy atom. The van der Waals surface area contributed by atoms with Crippen molar-refractivity contribution in [2.75, 3.05) is 0 Å². The van der Waals surface area contributed by atoms with Crippen molar-refractivity contribution < 1.29 is 0 Å². The lowest BCUT2D eigenvalue weighted by Crippen LogP contribution is -2.05. The van der Waals surface area contributed by atoms with E-state index in [0.29, 0.717) is 0 Å². The molecule has 4 nitrogen and oxygen atoms in total. The molecule has 0 N–H and O–H groups in total. The largest absolute Gasteiger partial charge is 0.308 e. The van der Waals surface area contributed by atoms with E-state index in [1.54, 1.807) is 0 Å². The predicted molar refractivity (Wildman–Crippen MR) is 214 cm³/mol. The Morgan fingerprint density at radius 1 is 0.365 bits per heavy atom. The van der Waals surface area contributed by atoms with Gasteiger partial charge < -0.3 is 9.13 Å². The molecule has 0 atom stereocenters. The van der Waals surface area contributed by atoms with Gasteiger partial charge in [0.1, 0.15) is 0 Å². The summed E-state index contributed by atoms with van der Waals surface area (Å²) in [5, 5.41) is 5.07. The molecule has 6 aromatic carbocycles. The first-order valence-corrected chi connectivity index (χ1v) is 17.9. The summed E-state index contributed by atoms with van der Waals surface area (Å²) in [4.78, 5) is 9.07. The van der Waals surface area contributed by atoms with E-state index in [9.17, 15) is 0 Å². The first-order chi connectivity index (χ1) is 25.8. The highest BCUT2D eigenvalue weighted by Gasteiger charge is 2.24. The molecular weight excluding hydrogens is 633 g/mol. The highest BCUT2D eigenvalue weighted by atomic mass is 15.0. The number of aromatic nitrogens is 4. The lowest BCUT2D eigenvalue weighted by atomic mass is 9.84. The van der Waals surface area contributed by atoms with Crippen LogP contribution in [-0.2, 0) is 12.8 Å². The molecule has 244 valence electrons. The second-order valence-electron chi connectivity index (χ2n) is 13.8. The maximum Gasteiger partial charge on any atom is 0.0645 e. The van der Waals surface area contributed by atoms with E-state index in [-0.39, 0.29) is 0 Å². The fraction of sp³-hybridized carbons (Fsp3) is 0.0417. The van der Waals surface area contributed by atoms with Crippen molar-refractivity contribution in [2.45, 2.75) is 12.8 Å². The fourth-order valence-corrected chi connectivity index (χ4v) is 8.55. The van der Waals surface area contributed by atoms with Gasteiger partial charge in [-0.2, -0.15) is 0 Å². The summed E-state index contributed by atoms with van der Waals surface area (Å²) in [6, 6.07) is 53.3. The van der Waals surface area contributed by atoms with Crippen LogP contribution in [0.1, 0.15) is 11.1 Å². The summed E-state index contributed by atoms with van der Waals surface area (Å²) in [6.45, 7) is 0. The molecular formula is C48H32N4. The highest BCUT2D eigenvalue weighted by molar-refractivity contribution is 6.14. The number of hydrogen-bond acceptors (Lipinski definition) is 2. The molecule has 0 bridgehead atoms. The maximum atomic E-state index is 4.53. The van der Waals surface area contributed by atoms with Crippen molar-refractivity contribution in [1.82, 2.24) is 19.1 Å². The molecule has 4 heteroatoms. The Hall–Kier alpha value is -6.78. The predicted octanol–water partition coefficient (Wildman–Crippen LogP) is 11.8. The van der Waals surface area contributed by atoms with Crippen LogP contribution in [0.5, 0.6) is 0 Å². The van der Waals surface area contributed by atoms with E-state index in [1.165, 1.54) is 88.1 Å². The summed E-state index contributed by atoms with van der Waals surface area (Å²) in [5.41, 5.74) is 17.2. The van der Waals surface area contributed by atoms with Crippen LogP contribution in [0.4, 0.5) is 0 Å². The molecule has 4 aromatic heterocycles. The monoisotopic (exact) mass is 664 g/mol. The average molecular weight is 665 g/mol. The lowest BCUT2D eigenvalue weighted by Gasteiger charge is -2.21. The summed E-state index contributed by atoms with van der Waals surface area (Å²) in [7, 11) is 0. The Kier molecular flexibility index (Phi) is 6.34. The quantitative estimate of drug-likeness (QED) is 0.188. The van der Waals surface area contributed by atoms with Crippen molar-refractivity contribution in [1.29, 1.82) is 0 Å². The summed E-state index contributed by atoms with van der Waals surface area (Å²) in [6.07, 6.45) is 9.63. The molecule has 4 heterocycles. The standard InChI is InChI=1S/C48H32N4/c1-3-9-31(10-4-1)33-17-19-45-41(23-33)43-25-35-15-16-36-26-44-42-24-34(32-11-5-2-6-12-32)18-20-46(42)52(38-14-8-22-50-30-38)48(44)28-40(36)39(35)27-47(43)51(45)37-13-7-21-49-29-37/h1-14,17-30H,15-16H2. The minimum Gasteiger partial charge on any atom is -0.308 e. The van der Waals surface area contributed by atoms with Crippen LogP contribution in [0.2, 0.25) is 0 Å². The normalized spacial score (nSPS) is 12.5. The maximum absolute atomic E-state index is 4.53. The minimum absolute atomic E-state index is 0.998. The molecule has 0 spiro atoms. The molecule has 0 amide bonds. The molecule has 0 saturated heterocycles. The summed E-state index contributed by atoms with van der Waals surface area (Å²) < 4.78 is 4.77. The van der Waals surface area contributed by atoms with Gasteiger partial charge >= 0.3 is 0 Å². The Balaban J connectivity index is 1.18. The summed E-state index contributed by atoms with van der Waals surface area (Å²) in [5.74, 6) is 0. The molecule has 1 aliphatic rings. The van der Waals surface area contributed by atoms with Crippen molar-refractivity contribution in [2.24, 2.45) is 0 Å². The van der Waals surface area contributed by atoms with Gasteiger partial charge in [0.15, 0.2) is 0 Å². The highest BCUT2D eigenvalue weighted by Crippen LogP contribution is 2.44. The zero-order valence-electron chi connectivity index (χ0n) is 28.4. The van der Waals surface area contributed by atoms with Gasteiger partial charge in [-0.15, -0.1) is 0 Å². The second-order valence-corrected chi connectivity index (χ2v) is 13.8. The first-order valence-electron chi connectivity index (χ1n) is 17.9. The number of benzene rings is 6. The van der Waals surface area contributed by atoms with Gasteiger partial charge in [-0.3, -0.25) is 9.97 Å². The summed E-state index contributed by atoms with van der Waals surface area (Å²) >= 11 is 0. The number of nitrogens with zero attached hydrogens (tertiary/aromatic N) is 4. The molecule has 10 aromatic rings. The van der Waals surface area contributed by atoms with E-state index < -0.39 is 0 Å². The topological polar surface area (TPSA) is 35.6 Å². The minimum atomic E-state index is 0.998. The zero-order valence-corrected chi connectivity index (χ0v) is 28.4. The van der Waals surface area contributed by atoms with E-state index in [0.717, 1.165) is 24.2 Å². The smallest absolute Gasteiger partial charge is 0.0645 e. The fourth-order valence-electron chi connectivity index (χ4n) is 8.55. The van der Waals surface area contributed by atoms with Crippen LogP contribution in [0.25, 0.3) is 88.4 Å². The second kappa shape index (κ2) is 11.4. The van der Waals surface area contributed by atoms with E-state index in [4.69, 9.17) is 0 Å². The van der Waals surface area contributed by atoms with Crippen LogP contribution in [0, 0.1) is 0 Å². The van der Waals surface area contributed by atoms with E-state index >= 15 is 0 Å². The Bertz CT molecular complexity index is 2770. The van der Waals surface area contributed by atoms with Crippen LogP contribution in [-0.4, -0.2) is 19.1 Å². The van der Waals surface area contributed by atoms with Gasteiger partial charge in [0, 0.05) is 33.9 Å². The molecule has 1 aliphatic carbocycles. The van der Waals surface area contributed by atoms with Crippen LogP contribution < -0.4 is 0 Å². The Labute approximate surface area is 300 Å². The molecule has 52 heavy (non-hydrogen) atoms. The zero-order chi connectivity index (χ0) is 34.2. The lowest BCUT2D eigenvalue weighted by molar-refractivity contribution is 0.946. The third kappa shape index (κ3) is 4.41. The van der Waals surface area contributed by atoms with Crippen LogP contribution in [0.3, 0.4) is 0 Å². The van der Waals surface area contributed by atoms with Gasteiger partial charge in [-0.1, -0.05) is 72.8 Å². The Morgan fingerprint density at radius 2 is 0.808 bits per heavy atom. The number of pyridine rings is 2. The van der Waals surface area contributed by atoms with Crippen LogP contribution >= 0.6 is 0 Å². The van der Waals surface area contributed by atoms with Gasteiger partial charge in [-0.05, 0) is 130 Å². The van der Waals surface area contributed by atoms with Crippen molar-refractivity contribution >= 4 is 43.6 Å². The van der Waals surface area contributed by atoms with Crippen LogP contribution in [0.15, 0.2) is 170 Å².